The van der Waals surface area contributed by atoms with Crippen molar-refractivity contribution >= 4 is 11.6 Å². The fourth-order valence-corrected chi connectivity index (χ4v) is 3.25. The first kappa shape index (κ1) is 17.9. The topological polar surface area (TPSA) is 87.1 Å². The number of benzene rings is 3. The maximum absolute atomic E-state index is 13.0. The molecule has 5 heteroatoms. The van der Waals surface area contributed by atoms with Gasteiger partial charge in [0.15, 0.2) is 11.6 Å². The molecule has 0 aromatic heterocycles. The number of epoxide rings is 1. The number of hydrogen-bond acceptors (Lipinski definition) is 5. The molecule has 3 aromatic rings. The summed E-state index contributed by atoms with van der Waals surface area (Å²) in [7, 11) is 0. The van der Waals surface area contributed by atoms with E-state index in [4.69, 9.17) is 4.74 Å². The van der Waals surface area contributed by atoms with Crippen LogP contribution in [0.4, 0.5) is 0 Å². The number of hydrogen-bond donors (Lipinski definition) is 2. The Morgan fingerprint density at radius 2 is 1.21 bits per heavy atom. The summed E-state index contributed by atoms with van der Waals surface area (Å²) < 4.78 is 5.38. The summed E-state index contributed by atoms with van der Waals surface area (Å²) in [6.07, 6.45) is 0. The lowest BCUT2D eigenvalue weighted by molar-refractivity contribution is 0.103. The summed E-state index contributed by atoms with van der Waals surface area (Å²) >= 11 is 0. The van der Waals surface area contributed by atoms with E-state index in [1.165, 1.54) is 6.07 Å². The lowest BCUT2D eigenvalue weighted by Crippen LogP contribution is -2.13. The minimum atomic E-state index is -0.938. The molecular weight excluding hydrogens is 356 g/mol. The summed E-state index contributed by atoms with van der Waals surface area (Å²) in [6.45, 7) is 1.96. The molecule has 1 unspecified atom stereocenters. The lowest BCUT2D eigenvalue weighted by Gasteiger charge is -2.17. The van der Waals surface area contributed by atoms with Crippen LogP contribution >= 0.6 is 0 Å². The Bertz CT molecular complexity index is 991. The monoisotopic (exact) mass is 374 g/mol. The van der Waals surface area contributed by atoms with Gasteiger partial charge in [0.05, 0.1) is 23.3 Å². The fourth-order valence-electron chi connectivity index (χ4n) is 3.25. The normalized spacial score (nSPS) is 17.9. The van der Waals surface area contributed by atoms with Crippen LogP contribution in [0.5, 0.6) is 11.5 Å². The van der Waals surface area contributed by atoms with Crippen molar-refractivity contribution in [1.29, 1.82) is 0 Å². The number of carbonyl (C=O) groups is 2. The van der Waals surface area contributed by atoms with Crippen LogP contribution in [0.1, 0.15) is 44.3 Å². The Labute approximate surface area is 161 Å². The quantitative estimate of drug-likeness (QED) is 0.524. The molecule has 1 aliphatic heterocycles. The van der Waals surface area contributed by atoms with Crippen molar-refractivity contribution in [2.75, 3.05) is 6.61 Å². The van der Waals surface area contributed by atoms with E-state index < -0.39 is 17.2 Å². The van der Waals surface area contributed by atoms with Gasteiger partial charge in [0.1, 0.15) is 17.1 Å². The van der Waals surface area contributed by atoms with Crippen LogP contribution in [0.15, 0.2) is 66.7 Å². The third kappa shape index (κ3) is 2.96. The number of ketones is 2. The highest BCUT2D eigenvalue weighted by Gasteiger charge is 2.47. The average Bonchev–Trinajstić information content (AvgIpc) is 3.46. The molecule has 0 bridgehead atoms. The fraction of sp³-hybridized carbons (Fsp3) is 0.130. The molecule has 4 rings (SSSR count). The third-order valence-electron chi connectivity index (χ3n) is 4.94. The number of rotatable bonds is 5. The first-order valence-corrected chi connectivity index (χ1v) is 8.85. The van der Waals surface area contributed by atoms with Crippen LogP contribution in [0.25, 0.3) is 0 Å². The van der Waals surface area contributed by atoms with Gasteiger partial charge in [0.25, 0.3) is 0 Å². The second-order valence-corrected chi connectivity index (χ2v) is 6.95. The molecule has 5 nitrogen and oxygen atoms in total. The molecular formula is C23H18O5. The number of carbonyl (C=O) groups excluding carboxylic acids is 2. The Balaban J connectivity index is 1.92. The minimum absolute atomic E-state index is 0.0463. The van der Waals surface area contributed by atoms with Crippen LogP contribution in [-0.2, 0) is 10.3 Å². The number of phenolic OH excluding ortho intramolecular Hbond substituents is 2. The highest BCUT2D eigenvalue weighted by molar-refractivity contribution is 6.16. The van der Waals surface area contributed by atoms with Crippen LogP contribution < -0.4 is 0 Å². The SMILES string of the molecule is CC1(c2c(O)c(C(=O)c3ccccc3)cc(C(=O)c3ccccc3)c2O)CO1. The maximum atomic E-state index is 13.0. The molecule has 28 heavy (non-hydrogen) atoms. The third-order valence-corrected chi connectivity index (χ3v) is 4.94. The number of aromatic hydroxyl groups is 2. The van der Waals surface area contributed by atoms with Gasteiger partial charge in [-0.25, -0.2) is 0 Å². The van der Waals surface area contributed by atoms with Gasteiger partial charge in [-0.3, -0.25) is 9.59 Å². The largest absolute Gasteiger partial charge is 0.507 e. The Morgan fingerprint density at radius 1 is 0.821 bits per heavy atom. The van der Waals surface area contributed by atoms with Gasteiger partial charge in [-0.2, -0.15) is 0 Å². The molecule has 1 saturated heterocycles. The standard InChI is InChI=1S/C23H18O5/c1-23(13-28-23)18-21(26)16(19(24)14-8-4-2-5-9-14)12-17(22(18)27)20(25)15-10-6-3-7-11-15/h2-12,26-27H,13H2,1H3. The number of phenols is 2. The van der Waals surface area contributed by atoms with Gasteiger partial charge < -0.3 is 14.9 Å². The van der Waals surface area contributed by atoms with Gasteiger partial charge >= 0.3 is 0 Å². The first-order chi connectivity index (χ1) is 13.4. The van der Waals surface area contributed by atoms with Crippen molar-refractivity contribution in [3.63, 3.8) is 0 Å². The predicted molar refractivity (Wildman–Crippen MR) is 103 cm³/mol. The molecule has 1 heterocycles. The summed E-state index contributed by atoms with van der Waals surface area (Å²) in [5, 5.41) is 21.6. The van der Waals surface area contributed by atoms with Gasteiger partial charge in [-0.15, -0.1) is 0 Å². The van der Waals surface area contributed by atoms with Crippen molar-refractivity contribution in [1.82, 2.24) is 0 Å². The Hall–Kier alpha value is -3.44. The predicted octanol–water partition coefficient (Wildman–Crippen LogP) is 3.81. The first-order valence-electron chi connectivity index (χ1n) is 8.85. The van der Waals surface area contributed by atoms with Gasteiger partial charge in [-0.05, 0) is 13.0 Å². The molecule has 140 valence electrons. The molecule has 1 aliphatic rings. The molecule has 0 amide bonds. The summed E-state index contributed by atoms with van der Waals surface area (Å²) in [5.41, 5.74) is -0.227. The van der Waals surface area contributed by atoms with Crippen molar-refractivity contribution in [3.05, 3.63) is 94.5 Å². The van der Waals surface area contributed by atoms with Gasteiger partial charge in [0, 0.05) is 11.1 Å². The second kappa shape index (κ2) is 6.62. The molecule has 1 fully saturated rings. The van der Waals surface area contributed by atoms with E-state index in [9.17, 15) is 19.8 Å². The molecule has 2 N–H and O–H groups in total. The smallest absolute Gasteiger partial charge is 0.196 e. The zero-order valence-corrected chi connectivity index (χ0v) is 15.2. The van der Waals surface area contributed by atoms with E-state index in [1.807, 2.05) is 0 Å². The van der Waals surface area contributed by atoms with Gasteiger partial charge in [0.2, 0.25) is 0 Å². The maximum Gasteiger partial charge on any atom is 0.196 e. The van der Waals surface area contributed by atoms with E-state index in [0.717, 1.165) is 0 Å². The van der Waals surface area contributed by atoms with E-state index in [2.05, 4.69) is 0 Å². The molecule has 3 aromatic carbocycles. The summed E-state index contributed by atoms with van der Waals surface area (Å²) in [5.74, 6) is -1.61. The lowest BCUT2D eigenvalue weighted by atomic mass is 9.88. The highest BCUT2D eigenvalue weighted by Crippen LogP contribution is 2.50. The molecule has 0 saturated carbocycles. The molecule has 1 atom stereocenters. The van der Waals surface area contributed by atoms with Crippen LogP contribution in [0, 0.1) is 0 Å². The van der Waals surface area contributed by atoms with Crippen LogP contribution in [0.3, 0.4) is 0 Å². The Morgan fingerprint density at radius 3 is 1.57 bits per heavy atom. The van der Waals surface area contributed by atoms with Crippen molar-refractivity contribution in [2.45, 2.75) is 12.5 Å². The highest BCUT2D eigenvalue weighted by atomic mass is 16.6. The van der Waals surface area contributed by atoms with Crippen molar-refractivity contribution in [3.8, 4) is 11.5 Å². The Kier molecular flexibility index (Phi) is 4.24. The van der Waals surface area contributed by atoms with Crippen molar-refractivity contribution in [2.24, 2.45) is 0 Å². The summed E-state index contributed by atoms with van der Waals surface area (Å²) in [6, 6.07) is 18.2. The zero-order chi connectivity index (χ0) is 19.9. The van der Waals surface area contributed by atoms with E-state index in [-0.39, 0.29) is 34.8 Å². The van der Waals surface area contributed by atoms with Gasteiger partial charge in [-0.1, -0.05) is 60.7 Å². The van der Waals surface area contributed by atoms with E-state index in [0.29, 0.717) is 11.1 Å². The van der Waals surface area contributed by atoms with Crippen LogP contribution in [0.2, 0.25) is 0 Å². The number of ether oxygens (including phenoxy) is 1. The van der Waals surface area contributed by atoms with Crippen LogP contribution in [-0.4, -0.2) is 28.4 Å². The van der Waals surface area contributed by atoms with E-state index >= 15 is 0 Å². The minimum Gasteiger partial charge on any atom is -0.507 e. The second-order valence-electron chi connectivity index (χ2n) is 6.95. The molecule has 0 spiro atoms. The average molecular weight is 374 g/mol. The molecule has 0 radical (unpaired) electrons. The molecule has 0 aliphatic carbocycles. The van der Waals surface area contributed by atoms with E-state index in [1.54, 1.807) is 67.6 Å². The van der Waals surface area contributed by atoms with Crippen molar-refractivity contribution < 1.29 is 24.5 Å². The zero-order valence-electron chi connectivity index (χ0n) is 15.2. The summed E-state index contributed by atoms with van der Waals surface area (Å²) in [4.78, 5) is 26.0.